The van der Waals surface area contributed by atoms with Gasteiger partial charge in [-0.3, -0.25) is 0 Å². The zero-order chi connectivity index (χ0) is 18.0. The molecule has 3 rings (SSSR count). The van der Waals surface area contributed by atoms with Crippen molar-refractivity contribution in [2.24, 2.45) is 4.40 Å². The second kappa shape index (κ2) is 6.92. The van der Waals surface area contributed by atoms with Crippen LogP contribution in [0.4, 0.5) is 0 Å². The van der Waals surface area contributed by atoms with Gasteiger partial charge in [-0.25, -0.2) is 0 Å². The van der Waals surface area contributed by atoms with Gasteiger partial charge in [-0.1, -0.05) is 28.9 Å². The van der Waals surface area contributed by atoms with Gasteiger partial charge in [0.25, 0.3) is 10.0 Å². The molecule has 0 amide bonds. The smallest absolute Gasteiger partial charge is 0.285 e. The summed E-state index contributed by atoms with van der Waals surface area (Å²) in [6, 6.07) is 11.3. The zero-order valence-corrected chi connectivity index (χ0v) is 15.5. The number of hydrogen-bond acceptors (Lipinski definition) is 4. The summed E-state index contributed by atoms with van der Waals surface area (Å²) < 4.78 is 36.9. The van der Waals surface area contributed by atoms with Gasteiger partial charge in [-0.2, -0.15) is 8.42 Å². The number of thiazole rings is 1. The third kappa shape index (κ3) is 3.56. The second-order valence-electron chi connectivity index (χ2n) is 5.03. The van der Waals surface area contributed by atoms with Crippen molar-refractivity contribution >= 4 is 43.2 Å². The van der Waals surface area contributed by atoms with Crippen molar-refractivity contribution in [2.75, 3.05) is 7.11 Å². The summed E-state index contributed by atoms with van der Waals surface area (Å²) in [6.07, 6.45) is 5.43. The Morgan fingerprint density at radius 2 is 2.00 bits per heavy atom. The zero-order valence-electron chi connectivity index (χ0n) is 13.1. The SMILES string of the molecule is C#CCn1c(=NS(=O)(=O)c2ccc(Cl)cc2)sc2cc(OC)ccc21. The Kier molecular flexibility index (Phi) is 4.86. The number of hydrogen-bond donors (Lipinski definition) is 0. The molecule has 0 saturated heterocycles. The molecular weight excluding hydrogens is 380 g/mol. The van der Waals surface area contributed by atoms with Crippen molar-refractivity contribution in [1.82, 2.24) is 4.57 Å². The molecule has 1 heterocycles. The van der Waals surface area contributed by atoms with E-state index in [9.17, 15) is 8.42 Å². The van der Waals surface area contributed by atoms with Crippen molar-refractivity contribution in [1.29, 1.82) is 0 Å². The average Bonchev–Trinajstić information content (AvgIpc) is 2.91. The number of nitrogens with zero attached hydrogens (tertiary/aromatic N) is 2. The minimum absolute atomic E-state index is 0.0687. The lowest BCUT2D eigenvalue weighted by atomic mass is 10.3. The molecule has 0 spiro atoms. The fraction of sp³-hybridized carbons (Fsp3) is 0.118. The van der Waals surface area contributed by atoms with E-state index in [1.807, 2.05) is 12.1 Å². The van der Waals surface area contributed by atoms with Crippen molar-refractivity contribution in [2.45, 2.75) is 11.4 Å². The predicted molar refractivity (Wildman–Crippen MR) is 99.4 cm³/mol. The van der Waals surface area contributed by atoms with Gasteiger partial charge in [-0.05, 0) is 42.5 Å². The van der Waals surface area contributed by atoms with Crippen molar-refractivity contribution in [3.63, 3.8) is 0 Å². The highest BCUT2D eigenvalue weighted by molar-refractivity contribution is 7.90. The Hall–Kier alpha value is -2.27. The number of sulfonamides is 1. The normalized spacial score (nSPS) is 12.3. The van der Waals surface area contributed by atoms with Crippen LogP contribution in [0.25, 0.3) is 10.2 Å². The van der Waals surface area contributed by atoms with Crippen LogP contribution in [0.2, 0.25) is 5.02 Å². The van der Waals surface area contributed by atoms with Crippen LogP contribution in [0.15, 0.2) is 51.8 Å². The minimum atomic E-state index is -3.88. The lowest BCUT2D eigenvalue weighted by Crippen LogP contribution is -2.16. The molecule has 0 N–H and O–H groups in total. The van der Waals surface area contributed by atoms with E-state index in [0.29, 0.717) is 15.6 Å². The van der Waals surface area contributed by atoms with Crippen LogP contribution in [0.1, 0.15) is 0 Å². The molecule has 0 saturated carbocycles. The van der Waals surface area contributed by atoms with E-state index < -0.39 is 10.0 Å². The van der Waals surface area contributed by atoms with Crippen molar-refractivity contribution in [3.05, 3.63) is 52.3 Å². The average molecular weight is 393 g/mol. The van der Waals surface area contributed by atoms with Gasteiger partial charge in [-0.15, -0.1) is 10.8 Å². The monoisotopic (exact) mass is 392 g/mol. The topological polar surface area (TPSA) is 60.7 Å². The molecule has 0 atom stereocenters. The van der Waals surface area contributed by atoms with Crippen LogP contribution in [0, 0.1) is 12.3 Å². The molecule has 25 heavy (non-hydrogen) atoms. The third-order valence-corrected chi connectivity index (χ3v) is 6.14. The highest BCUT2D eigenvalue weighted by atomic mass is 35.5. The molecule has 5 nitrogen and oxygen atoms in total. The van der Waals surface area contributed by atoms with E-state index in [2.05, 4.69) is 10.3 Å². The van der Waals surface area contributed by atoms with Gasteiger partial charge >= 0.3 is 0 Å². The first-order valence-corrected chi connectivity index (χ1v) is 9.75. The van der Waals surface area contributed by atoms with Crippen LogP contribution >= 0.6 is 22.9 Å². The Bertz CT molecular complexity index is 1140. The highest BCUT2D eigenvalue weighted by Gasteiger charge is 2.15. The minimum Gasteiger partial charge on any atom is -0.497 e. The van der Waals surface area contributed by atoms with E-state index >= 15 is 0 Å². The molecule has 0 aliphatic rings. The number of aromatic nitrogens is 1. The van der Waals surface area contributed by atoms with Gasteiger partial charge < -0.3 is 9.30 Å². The molecule has 1 aromatic heterocycles. The molecule has 0 bridgehead atoms. The molecule has 0 radical (unpaired) electrons. The Morgan fingerprint density at radius 1 is 1.28 bits per heavy atom. The first kappa shape index (κ1) is 17.5. The van der Waals surface area contributed by atoms with Crippen LogP contribution in [-0.4, -0.2) is 20.1 Å². The summed E-state index contributed by atoms with van der Waals surface area (Å²) in [6.45, 7) is 0.210. The molecule has 0 aliphatic carbocycles. The fourth-order valence-electron chi connectivity index (χ4n) is 2.26. The van der Waals surface area contributed by atoms with E-state index in [4.69, 9.17) is 22.8 Å². The Balaban J connectivity index is 2.22. The third-order valence-electron chi connectivity index (χ3n) is 3.45. The molecule has 0 unspecified atom stereocenters. The van der Waals surface area contributed by atoms with E-state index in [1.165, 1.54) is 35.6 Å². The summed E-state index contributed by atoms with van der Waals surface area (Å²) in [5, 5.41) is 0.454. The lowest BCUT2D eigenvalue weighted by Gasteiger charge is -2.02. The summed E-state index contributed by atoms with van der Waals surface area (Å²) >= 11 is 7.04. The lowest BCUT2D eigenvalue weighted by molar-refractivity contribution is 0.415. The number of halogens is 1. The second-order valence-corrected chi connectivity index (χ2v) is 8.08. The van der Waals surface area contributed by atoms with Crippen LogP contribution in [-0.2, 0) is 16.6 Å². The first-order valence-electron chi connectivity index (χ1n) is 7.12. The Labute approximate surface area is 154 Å². The highest BCUT2D eigenvalue weighted by Crippen LogP contribution is 2.24. The molecule has 2 aromatic carbocycles. The molecule has 0 aliphatic heterocycles. The first-order chi connectivity index (χ1) is 11.9. The standard InChI is InChI=1S/C17H13ClN2O3S2/c1-3-10-20-15-9-6-13(23-2)11-16(15)24-17(20)19-25(21,22)14-7-4-12(18)5-8-14/h1,4-9,11H,10H2,2H3. The Morgan fingerprint density at radius 3 is 2.64 bits per heavy atom. The van der Waals surface area contributed by atoms with Gasteiger partial charge in [0, 0.05) is 5.02 Å². The van der Waals surface area contributed by atoms with Crippen molar-refractivity contribution in [3.8, 4) is 18.1 Å². The van der Waals surface area contributed by atoms with E-state index in [0.717, 1.165) is 10.2 Å². The quantitative estimate of drug-likeness (QED) is 0.640. The summed E-state index contributed by atoms with van der Waals surface area (Å²) in [5.41, 5.74) is 0.800. The molecule has 3 aromatic rings. The van der Waals surface area contributed by atoms with Gasteiger partial charge in [0.2, 0.25) is 4.80 Å². The summed E-state index contributed by atoms with van der Waals surface area (Å²) in [4.78, 5) is 0.371. The number of fused-ring (bicyclic) bond motifs is 1. The number of rotatable bonds is 4. The van der Waals surface area contributed by atoms with Gasteiger partial charge in [0.05, 0.1) is 28.8 Å². The molecule has 128 valence electrons. The maximum absolute atomic E-state index is 12.6. The maximum atomic E-state index is 12.6. The maximum Gasteiger partial charge on any atom is 0.285 e. The van der Waals surface area contributed by atoms with E-state index in [1.54, 1.807) is 17.7 Å². The van der Waals surface area contributed by atoms with Crippen LogP contribution < -0.4 is 9.54 Å². The molecule has 8 heteroatoms. The summed E-state index contributed by atoms with van der Waals surface area (Å²) in [5.74, 6) is 3.21. The van der Waals surface area contributed by atoms with E-state index in [-0.39, 0.29) is 11.4 Å². The van der Waals surface area contributed by atoms with Gasteiger partial charge in [0.15, 0.2) is 0 Å². The summed E-state index contributed by atoms with van der Waals surface area (Å²) in [7, 11) is -2.31. The molecule has 0 fully saturated rings. The fourth-order valence-corrected chi connectivity index (χ4v) is 4.64. The van der Waals surface area contributed by atoms with Crippen molar-refractivity contribution < 1.29 is 13.2 Å². The number of benzene rings is 2. The molecular formula is C17H13ClN2O3S2. The van der Waals surface area contributed by atoms with Gasteiger partial charge in [0.1, 0.15) is 5.75 Å². The number of ether oxygens (including phenoxy) is 1. The number of methoxy groups -OCH3 is 1. The van der Waals surface area contributed by atoms with Crippen LogP contribution in [0.3, 0.4) is 0 Å². The number of terminal acetylenes is 1. The largest absolute Gasteiger partial charge is 0.497 e. The predicted octanol–water partition coefficient (Wildman–Crippen LogP) is 3.29. The van der Waals surface area contributed by atoms with Crippen LogP contribution in [0.5, 0.6) is 5.75 Å².